The molecule has 0 radical (unpaired) electrons. The number of amides is 4. The number of piperidine rings is 1. The Morgan fingerprint density at radius 1 is 1.02 bits per heavy atom. The molecule has 7 rings (SSSR count). The van der Waals surface area contributed by atoms with Crippen LogP contribution in [-0.4, -0.2) is 125 Å². The van der Waals surface area contributed by atoms with Crippen molar-refractivity contribution in [2.24, 2.45) is 5.92 Å². The molecule has 8 atom stereocenters. The first kappa shape index (κ1) is 34.6. The number of hydrogen-bond acceptors (Lipinski definition) is 7. The Hall–Kier alpha value is -2.86. The Labute approximate surface area is 296 Å². The van der Waals surface area contributed by atoms with E-state index < -0.39 is 0 Å². The molecule has 1 aromatic rings. The first-order chi connectivity index (χ1) is 23.7. The first-order valence-corrected chi connectivity index (χ1v) is 19.6. The summed E-state index contributed by atoms with van der Waals surface area (Å²) >= 11 is 2.04. The van der Waals surface area contributed by atoms with E-state index >= 15 is 0 Å². The number of likely N-dealkylation sites (N-methyl/N-ethyl adjacent to an activating group) is 1. The molecule has 0 spiro atoms. The van der Waals surface area contributed by atoms with E-state index in [9.17, 15) is 14.4 Å². The number of carbonyl (C=O) groups excluding carboxylic acids is 3. The molecule has 266 valence electrons. The number of carbonyl (C=O) groups is 3. The molecule has 5 fully saturated rings. The summed E-state index contributed by atoms with van der Waals surface area (Å²) < 4.78 is 6.41. The van der Waals surface area contributed by atoms with Gasteiger partial charge in [0.05, 0.1) is 30.8 Å². The topological polar surface area (TPSA) is 97.5 Å². The molecule has 1 aliphatic carbocycles. The van der Waals surface area contributed by atoms with Crippen LogP contribution in [0.25, 0.3) is 0 Å². The highest BCUT2D eigenvalue weighted by atomic mass is 32.2. The third-order valence-corrected chi connectivity index (χ3v) is 13.4. The molecule has 5 aliphatic heterocycles. The number of piperazine rings is 1. The predicted octanol–water partition coefficient (Wildman–Crippen LogP) is 3.77. The maximum absolute atomic E-state index is 13.3. The van der Waals surface area contributed by atoms with Gasteiger partial charge in [-0.25, -0.2) is 4.79 Å². The minimum absolute atomic E-state index is 0.0202. The van der Waals surface area contributed by atoms with Crippen LogP contribution in [0.5, 0.6) is 0 Å². The van der Waals surface area contributed by atoms with Gasteiger partial charge in [0.15, 0.2) is 0 Å². The van der Waals surface area contributed by atoms with E-state index in [-0.39, 0.29) is 42.0 Å². The molecule has 4 amide bonds. The zero-order valence-electron chi connectivity index (χ0n) is 29.4. The molecule has 10 nitrogen and oxygen atoms in total. The largest absolute Gasteiger partial charge is 0.369 e. The zero-order valence-corrected chi connectivity index (χ0v) is 30.2. The van der Waals surface area contributed by atoms with Gasteiger partial charge in [0.25, 0.3) is 5.91 Å². The lowest BCUT2D eigenvalue weighted by atomic mass is 9.91. The summed E-state index contributed by atoms with van der Waals surface area (Å²) in [6.07, 6.45) is 11.9. The van der Waals surface area contributed by atoms with Gasteiger partial charge in [0.1, 0.15) is 0 Å². The lowest BCUT2D eigenvalue weighted by Crippen LogP contribution is -2.54. The molecule has 1 aromatic carbocycles. The van der Waals surface area contributed by atoms with Crippen LogP contribution in [0, 0.1) is 5.92 Å². The van der Waals surface area contributed by atoms with Crippen LogP contribution in [0.3, 0.4) is 0 Å². The number of nitrogens with zero attached hydrogens (tertiary/aromatic N) is 4. The number of urea groups is 1. The highest BCUT2D eigenvalue weighted by Crippen LogP contribution is 2.37. The monoisotopic (exact) mass is 690 g/mol. The normalized spacial score (nSPS) is 32.6. The summed E-state index contributed by atoms with van der Waals surface area (Å²) in [5.74, 6) is 1.22. The van der Waals surface area contributed by atoms with Crippen molar-refractivity contribution in [3.63, 3.8) is 0 Å². The molecule has 8 unspecified atom stereocenters. The van der Waals surface area contributed by atoms with Gasteiger partial charge in [-0.05, 0) is 44.2 Å². The third kappa shape index (κ3) is 7.60. The van der Waals surface area contributed by atoms with E-state index in [1.807, 2.05) is 47.7 Å². The van der Waals surface area contributed by atoms with Crippen molar-refractivity contribution in [3.05, 3.63) is 59.2 Å². The second-order valence-corrected chi connectivity index (χ2v) is 16.4. The molecule has 11 heteroatoms. The molecule has 49 heavy (non-hydrogen) atoms. The van der Waals surface area contributed by atoms with E-state index in [0.29, 0.717) is 49.4 Å². The maximum atomic E-state index is 13.3. The molecule has 5 heterocycles. The Morgan fingerprint density at radius 2 is 1.80 bits per heavy atom. The number of ether oxygens (including phenoxy) is 1. The SMILES string of the molecule is CC1NC(=O)CCC1N1CC2C(=CC=CC2OCc2ccc(CN3CCN(C(C)CCCCC4SCC5NC(=O)N(C)C54)CC3)cc2)C1=O. The molecule has 0 aromatic heterocycles. The maximum Gasteiger partial charge on any atom is 0.317 e. The molecule has 2 N–H and O–H groups in total. The number of thioether (sulfide) groups is 1. The fraction of sp³-hybridized carbons (Fsp3) is 0.658. The zero-order chi connectivity index (χ0) is 34.1. The van der Waals surface area contributed by atoms with Gasteiger partial charge in [-0.3, -0.25) is 19.4 Å². The van der Waals surface area contributed by atoms with E-state index in [1.165, 1.54) is 31.2 Å². The summed E-state index contributed by atoms with van der Waals surface area (Å²) in [5, 5.41) is 6.71. The summed E-state index contributed by atoms with van der Waals surface area (Å²) in [4.78, 5) is 46.3. The van der Waals surface area contributed by atoms with Crippen LogP contribution < -0.4 is 10.6 Å². The Balaban J connectivity index is 0.806. The second kappa shape index (κ2) is 15.2. The first-order valence-electron chi connectivity index (χ1n) is 18.5. The number of fused-ring (bicyclic) bond motifs is 2. The van der Waals surface area contributed by atoms with Crippen molar-refractivity contribution in [2.45, 2.75) is 107 Å². The number of rotatable bonds is 12. The number of likely N-dealkylation sites (tertiary alicyclic amines) is 1. The van der Waals surface area contributed by atoms with Crippen LogP contribution in [0.1, 0.15) is 63.5 Å². The molecule has 5 saturated heterocycles. The number of unbranched alkanes of at least 4 members (excludes halogenated alkanes) is 1. The van der Waals surface area contributed by atoms with Crippen molar-refractivity contribution in [3.8, 4) is 0 Å². The Bertz CT molecular complexity index is 1430. The van der Waals surface area contributed by atoms with Gasteiger partial charge in [-0.2, -0.15) is 11.8 Å². The molecule has 0 saturated carbocycles. The third-order valence-electron chi connectivity index (χ3n) is 11.9. The smallest absolute Gasteiger partial charge is 0.317 e. The van der Waals surface area contributed by atoms with Crippen LogP contribution in [0.2, 0.25) is 0 Å². The van der Waals surface area contributed by atoms with Crippen LogP contribution in [-0.2, 0) is 27.5 Å². The minimum Gasteiger partial charge on any atom is -0.369 e. The van der Waals surface area contributed by atoms with Crippen LogP contribution in [0.4, 0.5) is 4.79 Å². The number of nitrogens with one attached hydrogen (secondary N) is 2. The molecular formula is C38H54N6O4S. The average molecular weight is 691 g/mol. The van der Waals surface area contributed by atoms with Gasteiger partial charge in [-0.15, -0.1) is 0 Å². The highest BCUT2D eigenvalue weighted by molar-refractivity contribution is 8.00. The minimum atomic E-state index is -0.140. The van der Waals surface area contributed by atoms with E-state index in [0.717, 1.165) is 49.6 Å². The van der Waals surface area contributed by atoms with E-state index in [1.54, 1.807) is 0 Å². The summed E-state index contributed by atoms with van der Waals surface area (Å²) in [7, 11) is 1.95. The van der Waals surface area contributed by atoms with Crippen molar-refractivity contribution in [1.82, 2.24) is 30.2 Å². The Kier molecular flexibility index (Phi) is 10.7. The van der Waals surface area contributed by atoms with Crippen molar-refractivity contribution < 1.29 is 19.1 Å². The average Bonchev–Trinajstić information content (AvgIpc) is 3.75. The fourth-order valence-electron chi connectivity index (χ4n) is 8.93. The lowest BCUT2D eigenvalue weighted by Gasteiger charge is -2.38. The summed E-state index contributed by atoms with van der Waals surface area (Å²) in [5.41, 5.74) is 3.30. The van der Waals surface area contributed by atoms with Crippen molar-refractivity contribution >= 4 is 29.6 Å². The van der Waals surface area contributed by atoms with Gasteiger partial charge in [0.2, 0.25) is 5.91 Å². The standard InChI is InChI=1S/C38H54N6O4S/c1-25(7-4-5-10-34-36-31(24-49-34)40-38(47)41(36)3)43-19-17-42(18-20-43)21-27-11-13-28(14-12-27)23-48-33-9-6-8-29-30(33)22-44(37(29)46)32-15-16-35(45)39-26(32)2/h6,8-9,11-14,25-26,30-34,36H,4-5,7,10,15-24H2,1-3H3,(H,39,45)(H,40,47). The number of hydrogen-bond donors (Lipinski definition) is 2. The van der Waals surface area contributed by atoms with Crippen molar-refractivity contribution in [2.75, 3.05) is 45.5 Å². The number of allylic oxidation sites excluding steroid dienone is 2. The van der Waals surface area contributed by atoms with Gasteiger partial charge >= 0.3 is 6.03 Å². The van der Waals surface area contributed by atoms with Crippen LogP contribution >= 0.6 is 11.8 Å². The van der Waals surface area contributed by atoms with Gasteiger partial charge < -0.3 is 25.2 Å². The summed E-state index contributed by atoms with van der Waals surface area (Å²) in [6, 6.07) is 10.2. The van der Waals surface area contributed by atoms with E-state index in [4.69, 9.17) is 4.74 Å². The lowest BCUT2D eigenvalue weighted by molar-refractivity contribution is -0.132. The van der Waals surface area contributed by atoms with Gasteiger partial charge in [0, 0.05) is 87.3 Å². The van der Waals surface area contributed by atoms with E-state index in [2.05, 4.69) is 57.7 Å². The molecule has 0 bridgehead atoms. The molecule has 6 aliphatic rings. The fourth-order valence-corrected chi connectivity index (χ4v) is 10.6. The highest BCUT2D eigenvalue weighted by Gasteiger charge is 2.47. The summed E-state index contributed by atoms with van der Waals surface area (Å²) in [6.45, 7) is 10.9. The second-order valence-electron chi connectivity index (χ2n) is 15.1. The Morgan fingerprint density at radius 3 is 2.57 bits per heavy atom. The van der Waals surface area contributed by atoms with Crippen LogP contribution in [0.15, 0.2) is 48.1 Å². The van der Waals surface area contributed by atoms with Gasteiger partial charge in [-0.1, -0.05) is 55.3 Å². The molecular weight excluding hydrogens is 637 g/mol. The number of benzene rings is 1. The predicted molar refractivity (Wildman–Crippen MR) is 193 cm³/mol. The quantitative estimate of drug-likeness (QED) is 0.255. The van der Waals surface area contributed by atoms with Crippen molar-refractivity contribution in [1.29, 1.82) is 0 Å².